The maximum Gasteiger partial charge on any atom is 0.306 e. The van der Waals surface area contributed by atoms with Crippen molar-refractivity contribution in [1.29, 1.82) is 0 Å². The lowest BCUT2D eigenvalue weighted by Gasteiger charge is -2.34. The summed E-state index contributed by atoms with van der Waals surface area (Å²) in [6, 6.07) is 1.41. The molecule has 0 aromatic carbocycles. The number of thioether (sulfide) groups is 1. The monoisotopic (exact) mass is 298 g/mol. The molecule has 2 rings (SSSR count). The largest absolute Gasteiger partial charge is 0.481 e. The van der Waals surface area contributed by atoms with Gasteiger partial charge in [-0.25, -0.2) is 4.98 Å². The zero-order valence-corrected chi connectivity index (χ0v) is 12.1. The third-order valence-electron chi connectivity index (χ3n) is 3.59. The molecule has 0 saturated heterocycles. The topological polar surface area (TPSA) is 103 Å². The van der Waals surface area contributed by atoms with Gasteiger partial charge in [0.05, 0.1) is 11.5 Å². The summed E-state index contributed by atoms with van der Waals surface area (Å²) in [5.74, 6) is -0.729. The molecule has 0 spiro atoms. The second-order valence-electron chi connectivity index (χ2n) is 5.32. The van der Waals surface area contributed by atoms with Gasteiger partial charge in [-0.05, 0) is 32.6 Å². The quantitative estimate of drug-likeness (QED) is 0.569. The Bertz CT molecular complexity index is 550. The Morgan fingerprint density at radius 2 is 2.20 bits per heavy atom. The summed E-state index contributed by atoms with van der Waals surface area (Å²) in [5, 5.41) is 19.9. The molecule has 1 aliphatic rings. The van der Waals surface area contributed by atoms with Crippen LogP contribution in [0.4, 0.5) is 0 Å². The molecule has 0 atom stereocenters. The molecule has 1 fully saturated rings. The van der Waals surface area contributed by atoms with E-state index in [0.717, 1.165) is 0 Å². The molecule has 110 valence electrons. The highest BCUT2D eigenvalue weighted by Gasteiger charge is 2.35. The van der Waals surface area contributed by atoms with Gasteiger partial charge in [0.1, 0.15) is 0 Å². The van der Waals surface area contributed by atoms with E-state index in [2.05, 4.69) is 9.97 Å². The first kappa shape index (κ1) is 15.1. The van der Waals surface area contributed by atoms with Crippen molar-refractivity contribution in [2.24, 2.45) is 5.92 Å². The summed E-state index contributed by atoms with van der Waals surface area (Å²) in [6.45, 7) is 1.74. The van der Waals surface area contributed by atoms with Crippen LogP contribution in [0, 0.1) is 12.8 Å². The van der Waals surface area contributed by atoms with Crippen molar-refractivity contribution in [2.45, 2.75) is 43.4 Å². The van der Waals surface area contributed by atoms with Crippen LogP contribution in [0.3, 0.4) is 0 Å². The van der Waals surface area contributed by atoms with E-state index in [1.807, 2.05) is 0 Å². The first-order chi connectivity index (χ1) is 9.38. The van der Waals surface area contributed by atoms with Gasteiger partial charge in [0.25, 0.3) is 5.56 Å². The highest BCUT2D eigenvalue weighted by atomic mass is 32.2. The Morgan fingerprint density at radius 3 is 2.75 bits per heavy atom. The normalized spacial score (nSPS) is 26.4. The molecular formula is C13H18N2O4S. The van der Waals surface area contributed by atoms with Gasteiger partial charge in [-0.2, -0.15) is 0 Å². The predicted molar refractivity (Wildman–Crippen MR) is 74.9 cm³/mol. The zero-order chi connectivity index (χ0) is 14.8. The Balaban J connectivity index is 1.93. The molecule has 6 nitrogen and oxygen atoms in total. The van der Waals surface area contributed by atoms with Crippen LogP contribution in [0.1, 0.15) is 31.4 Å². The number of hydrogen-bond acceptors (Lipinski definition) is 5. The average Bonchev–Trinajstić information content (AvgIpc) is 2.36. The second kappa shape index (κ2) is 5.97. The number of carbonyl (C=O) groups is 1. The Labute approximate surface area is 120 Å². The van der Waals surface area contributed by atoms with E-state index in [-0.39, 0.29) is 11.5 Å². The number of hydrogen-bond donors (Lipinski definition) is 3. The minimum atomic E-state index is -0.876. The maximum atomic E-state index is 11.3. The average molecular weight is 298 g/mol. The number of aliphatic hydroxyl groups is 1. The predicted octanol–water partition coefficient (Wildman–Crippen LogP) is 1.18. The number of nitrogens with one attached hydrogen (secondary N) is 1. The molecule has 0 amide bonds. The standard InChI is InChI=1S/C13H18N2O4S/c1-8-6-10(16)15-12(14-8)20-7-13(19)4-2-9(3-5-13)11(17)18/h6,9,19H,2-5,7H2,1H3,(H,17,18)(H,14,15,16). The molecule has 3 N–H and O–H groups in total. The molecule has 1 aromatic rings. The highest BCUT2D eigenvalue weighted by Crippen LogP contribution is 2.35. The van der Waals surface area contributed by atoms with Crippen LogP contribution in [-0.2, 0) is 4.79 Å². The van der Waals surface area contributed by atoms with Gasteiger partial charge in [-0.1, -0.05) is 11.8 Å². The summed E-state index contributed by atoms with van der Waals surface area (Å²) in [4.78, 5) is 29.0. The molecule has 0 bridgehead atoms. The third kappa shape index (κ3) is 3.83. The summed E-state index contributed by atoms with van der Waals surface area (Å²) < 4.78 is 0. The van der Waals surface area contributed by atoms with Gasteiger partial charge in [0.15, 0.2) is 5.16 Å². The van der Waals surface area contributed by atoms with Crippen molar-refractivity contribution < 1.29 is 15.0 Å². The molecule has 7 heteroatoms. The van der Waals surface area contributed by atoms with E-state index in [4.69, 9.17) is 5.11 Å². The van der Waals surface area contributed by atoms with E-state index in [1.54, 1.807) is 6.92 Å². The summed E-state index contributed by atoms with van der Waals surface area (Å²) in [6.07, 6.45) is 1.91. The van der Waals surface area contributed by atoms with Crippen LogP contribution < -0.4 is 5.56 Å². The number of rotatable bonds is 4. The van der Waals surface area contributed by atoms with Crippen molar-refractivity contribution in [3.05, 3.63) is 22.1 Å². The fraction of sp³-hybridized carbons (Fsp3) is 0.615. The summed E-state index contributed by atoms with van der Waals surface area (Å²) in [7, 11) is 0. The van der Waals surface area contributed by atoms with E-state index < -0.39 is 11.6 Å². The maximum absolute atomic E-state index is 11.3. The van der Waals surface area contributed by atoms with E-state index in [1.165, 1.54) is 17.8 Å². The summed E-state index contributed by atoms with van der Waals surface area (Å²) >= 11 is 1.30. The number of aromatic nitrogens is 2. The first-order valence-electron chi connectivity index (χ1n) is 6.54. The van der Waals surface area contributed by atoms with E-state index >= 15 is 0 Å². The van der Waals surface area contributed by atoms with Gasteiger partial charge in [0.2, 0.25) is 0 Å². The molecule has 0 radical (unpaired) electrons. The van der Waals surface area contributed by atoms with Gasteiger partial charge >= 0.3 is 5.97 Å². The van der Waals surface area contributed by atoms with Crippen molar-refractivity contribution in [1.82, 2.24) is 9.97 Å². The molecule has 0 aliphatic heterocycles. The fourth-order valence-electron chi connectivity index (χ4n) is 2.37. The Kier molecular flexibility index (Phi) is 4.49. The molecule has 1 saturated carbocycles. The third-order valence-corrected chi connectivity index (χ3v) is 4.74. The second-order valence-corrected chi connectivity index (χ2v) is 6.28. The molecule has 1 aliphatic carbocycles. The van der Waals surface area contributed by atoms with Crippen molar-refractivity contribution in [3.8, 4) is 0 Å². The van der Waals surface area contributed by atoms with Crippen LogP contribution in [0.2, 0.25) is 0 Å². The van der Waals surface area contributed by atoms with E-state index in [9.17, 15) is 14.7 Å². The van der Waals surface area contributed by atoms with Crippen LogP contribution in [0.5, 0.6) is 0 Å². The number of carboxylic acids is 1. The molecule has 20 heavy (non-hydrogen) atoms. The lowest BCUT2D eigenvalue weighted by atomic mass is 9.80. The molecule has 0 unspecified atom stereocenters. The first-order valence-corrected chi connectivity index (χ1v) is 7.52. The van der Waals surface area contributed by atoms with Crippen LogP contribution >= 0.6 is 11.8 Å². The minimum absolute atomic E-state index is 0.207. The van der Waals surface area contributed by atoms with Crippen LogP contribution in [0.25, 0.3) is 0 Å². The molecule has 1 heterocycles. The van der Waals surface area contributed by atoms with E-state index in [0.29, 0.717) is 42.3 Å². The number of carboxylic acid groups (broad SMARTS) is 1. The van der Waals surface area contributed by atoms with Gasteiger partial charge in [0, 0.05) is 17.5 Å². The van der Waals surface area contributed by atoms with Gasteiger partial charge in [-0.15, -0.1) is 0 Å². The molecule has 1 aromatic heterocycles. The number of H-pyrrole nitrogens is 1. The zero-order valence-electron chi connectivity index (χ0n) is 11.3. The number of aromatic amines is 1. The number of aliphatic carboxylic acids is 1. The van der Waals surface area contributed by atoms with Gasteiger partial charge < -0.3 is 15.2 Å². The Morgan fingerprint density at radius 1 is 1.55 bits per heavy atom. The Hall–Kier alpha value is -1.34. The SMILES string of the molecule is Cc1cc(=O)[nH]c(SCC2(O)CCC(C(=O)O)CC2)n1. The van der Waals surface area contributed by atoms with Crippen molar-refractivity contribution in [2.75, 3.05) is 5.75 Å². The fourth-order valence-corrected chi connectivity index (χ4v) is 3.44. The van der Waals surface area contributed by atoms with Crippen molar-refractivity contribution in [3.63, 3.8) is 0 Å². The smallest absolute Gasteiger partial charge is 0.306 e. The lowest BCUT2D eigenvalue weighted by Crippen LogP contribution is -2.38. The summed E-state index contributed by atoms with van der Waals surface area (Å²) in [5.41, 5.74) is -0.446. The highest BCUT2D eigenvalue weighted by molar-refractivity contribution is 7.99. The van der Waals surface area contributed by atoms with Gasteiger partial charge in [-0.3, -0.25) is 9.59 Å². The number of nitrogens with zero attached hydrogens (tertiary/aromatic N) is 1. The lowest BCUT2D eigenvalue weighted by molar-refractivity contribution is -0.144. The number of aryl methyl sites for hydroxylation is 1. The minimum Gasteiger partial charge on any atom is -0.481 e. The van der Waals surface area contributed by atoms with Crippen molar-refractivity contribution >= 4 is 17.7 Å². The van der Waals surface area contributed by atoms with Crippen LogP contribution in [-0.4, -0.2) is 37.5 Å². The van der Waals surface area contributed by atoms with Crippen LogP contribution in [0.15, 0.2) is 16.0 Å². The molecular weight excluding hydrogens is 280 g/mol.